The highest BCUT2D eigenvalue weighted by Crippen LogP contribution is 2.53. The fourth-order valence-corrected chi connectivity index (χ4v) is 2.54. The highest BCUT2D eigenvalue weighted by molar-refractivity contribution is 6.50. The number of hydrogen-bond donors (Lipinski definition) is 0. The second-order valence-electron chi connectivity index (χ2n) is 4.55. The lowest BCUT2D eigenvalue weighted by molar-refractivity contribution is -0.384. The molecule has 2 aromatic rings. The fourth-order valence-electron chi connectivity index (χ4n) is 2.03. The van der Waals surface area contributed by atoms with Gasteiger partial charge in [-0.25, -0.2) is 4.79 Å². The Hall–Kier alpha value is -1.53. The number of benzene rings is 1. The normalized spacial score (nSPS) is 20.6. The average Bonchev–Trinajstić information content (AvgIpc) is 2.80. The van der Waals surface area contributed by atoms with Crippen molar-refractivity contribution in [3.05, 3.63) is 38.9 Å². The average molecular weight is 303 g/mol. The molecule has 0 radical (unpaired) electrons. The summed E-state index contributed by atoms with van der Waals surface area (Å²) in [4.78, 5) is 22.0. The van der Waals surface area contributed by atoms with E-state index in [1.807, 2.05) is 0 Å². The second-order valence-corrected chi connectivity index (χ2v) is 6.09. The lowest BCUT2D eigenvalue weighted by Crippen LogP contribution is -2.16. The maximum Gasteiger partial charge on any atom is 0.419 e. The molecular weight excluding hydrogens is 295 g/mol. The van der Waals surface area contributed by atoms with Gasteiger partial charge in [0, 0.05) is 24.6 Å². The molecule has 100 valence electrons. The number of nitro benzene ring substituents is 1. The molecule has 0 bridgehead atoms. The van der Waals surface area contributed by atoms with E-state index >= 15 is 0 Å². The molecule has 1 heterocycles. The molecule has 3 rings (SSSR count). The predicted octanol–water partition coefficient (Wildman–Crippen LogP) is 2.70. The molecule has 0 N–H and O–H groups in total. The van der Waals surface area contributed by atoms with E-state index in [9.17, 15) is 14.9 Å². The van der Waals surface area contributed by atoms with Gasteiger partial charge in [-0.2, -0.15) is 0 Å². The van der Waals surface area contributed by atoms with Gasteiger partial charge in [0.1, 0.15) is 4.33 Å². The molecule has 6 nitrogen and oxygen atoms in total. The second kappa shape index (κ2) is 3.98. The van der Waals surface area contributed by atoms with Crippen LogP contribution in [0.3, 0.4) is 0 Å². The third-order valence-corrected chi connectivity index (χ3v) is 4.15. The maximum atomic E-state index is 11.7. The van der Waals surface area contributed by atoms with Crippen LogP contribution in [-0.4, -0.2) is 13.8 Å². The number of oxazole rings is 1. The summed E-state index contributed by atoms with van der Waals surface area (Å²) in [5.74, 6) is -0.611. The van der Waals surface area contributed by atoms with Crippen LogP contribution in [0.25, 0.3) is 11.1 Å². The molecule has 0 spiro atoms. The van der Waals surface area contributed by atoms with Crippen LogP contribution in [0, 0.1) is 16.0 Å². The maximum absolute atomic E-state index is 11.7. The third-order valence-electron chi connectivity index (χ3n) is 3.22. The molecule has 0 saturated heterocycles. The van der Waals surface area contributed by atoms with E-state index in [-0.39, 0.29) is 11.6 Å². The van der Waals surface area contributed by atoms with E-state index in [0.717, 1.165) is 0 Å². The number of halogens is 2. The number of fused-ring (bicyclic) bond motifs is 1. The summed E-state index contributed by atoms with van der Waals surface area (Å²) >= 11 is 11.8. The van der Waals surface area contributed by atoms with Crippen molar-refractivity contribution in [2.45, 2.75) is 17.3 Å². The van der Waals surface area contributed by atoms with E-state index in [2.05, 4.69) is 0 Å². The summed E-state index contributed by atoms with van der Waals surface area (Å²) in [5, 5.41) is 10.7. The summed E-state index contributed by atoms with van der Waals surface area (Å²) in [5.41, 5.74) is 0.599. The lowest BCUT2D eigenvalue weighted by atomic mass is 10.3. The molecule has 1 atom stereocenters. The van der Waals surface area contributed by atoms with Gasteiger partial charge in [-0.3, -0.25) is 14.7 Å². The highest BCUT2D eigenvalue weighted by Gasteiger charge is 2.51. The molecule has 0 aliphatic heterocycles. The van der Waals surface area contributed by atoms with Gasteiger partial charge in [0.05, 0.1) is 10.4 Å². The first-order valence-corrected chi connectivity index (χ1v) is 6.30. The van der Waals surface area contributed by atoms with E-state index in [1.165, 1.54) is 22.8 Å². The number of nitrogens with zero attached hydrogens (tertiary/aromatic N) is 2. The van der Waals surface area contributed by atoms with Crippen LogP contribution in [0.2, 0.25) is 0 Å². The Labute approximate surface area is 116 Å². The van der Waals surface area contributed by atoms with Gasteiger partial charge < -0.3 is 4.42 Å². The van der Waals surface area contributed by atoms with Crippen molar-refractivity contribution in [1.82, 2.24) is 4.57 Å². The molecule has 1 aromatic heterocycles. The molecule has 1 fully saturated rings. The number of hydrogen-bond acceptors (Lipinski definition) is 4. The minimum absolute atomic E-state index is 0.0476. The van der Waals surface area contributed by atoms with E-state index in [1.54, 1.807) is 0 Å². The third kappa shape index (κ3) is 2.11. The van der Waals surface area contributed by atoms with Crippen LogP contribution in [0.1, 0.15) is 6.42 Å². The first-order valence-electron chi connectivity index (χ1n) is 5.54. The number of alkyl halides is 2. The highest BCUT2D eigenvalue weighted by atomic mass is 35.5. The molecule has 1 aliphatic rings. The summed E-state index contributed by atoms with van der Waals surface area (Å²) in [6, 6.07) is 4.01. The Morgan fingerprint density at radius 1 is 1.53 bits per heavy atom. The zero-order valence-electron chi connectivity index (χ0n) is 9.51. The van der Waals surface area contributed by atoms with Crippen molar-refractivity contribution >= 4 is 40.0 Å². The fraction of sp³-hybridized carbons (Fsp3) is 0.364. The van der Waals surface area contributed by atoms with Crippen molar-refractivity contribution in [2.24, 2.45) is 5.92 Å². The quantitative estimate of drug-likeness (QED) is 0.496. The van der Waals surface area contributed by atoms with Crippen molar-refractivity contribution in [2.75, 3.05) is 0 Å². The number of nitro groups is 1. The monoisotopic (exact) mass is 302 g/mol. The van der Waals surface area contributed by atoms with Crippen LogP contribution in [-0.2, 0) is 6.54 Å². The van der Waals surface area contributed by atoms with E-state index in [4.69, 9.17) is 27.6 Å². The Morgan fingerprint density at radius 3 is 2.79 bits per heavy atom. The van der Waals surface area contributed by atoms with Gasteiger partial charge >= 0.3 is 5.76 Å². The van der Waals surface area contributed by atoms with Crippen LogP contribution >= 0.6 is 23.2 Å². The Morgan fingerprint density at radius 2 is 2.21 bits per heavy atom. The van der Waals surface area contributed by atoms with Crippen molar-refractivity contribution < 1.29 is 9.34 Å². The zero-order valence-corrected chi connectivity index (χ0v) is 11.0. The van der Waals surface area contributed by atoms with E-state index < -0.39 is 15.0 Å². The Kier molecular flexibility index (Phi) is 2.62. The Balaban J connectivity index is 2.07. The number of aromatic nitrogens is 1. The van der Waals surface area contributed by atoms with Crippen molar-refractivity contribution in [3.8, 4) is 0 Å². The van der Waals surface area contributed by atoms with Gasteiger partial charge in [-0.1, -0.05) is 0 Å². The van der Waals surface area contributed by atoms with Crippen LogP contribution in [0.4, 0.5) is 5.69 Å². The lowest BCUT2D eigenvalue weighted by Gasteiger charge is -2.01. The molecular formula is C11H8Cl2N2O4. The minimum Gasteiger partial charge on any atom is -0.408 e. The molecule has 19 heavy (non-hydrogen) atoms. The van der Waals surface area contributed by atoms with Gasteiger partial charge in [0.15, 0.2) is 5.58 Å². The Bertz CT molecular complexity index is 734. The van der Waals surface area contributed by atoms with Gasteiger partial charge in [0.25, 0.3) is 5.69 Å². The minimum atomic E-state index is -0.816. The van der Waals surface area contributed by atoms with Crippen LogP contribution in [0.15, 0.2) is 27.4 Å². The molecule has 0 amide bonds. The molecule has 8 heteroatoms. The van der Waals surface area contributed by atoms with Gasteiger partial charge in [-0.05, 0) is 12.5 Å². The molecule has 1 aliphatic carbocycles. The van der Waals surface area contributed by atoms with Gasteiger partial charge in [0.2, 0.25) is 0 Å². The largest absolute Gasteiger partial charge is 0.419 e. The van der Waals surface area contributed by atoms with Gasteiger partial charge in [-0.15, -0.1) is 23.2 Å². The SMILES string of the molecule is O=c1oc2ccc([N+](=O)[O-])cc2n1C[C@@H]1CC1(Cl)Cl. The molecule has 0 unspecified atom stereocenters. The summed E-state index contributed by atoms with van der Waals surface area (Å²) < 4.78 is 5.55. The van der Waals surface area contributed by atoms with Crippen LogP contribution < -0.4 is 5.76 Å². The predicted molar refractivity (Wildman–Crippen MR) is 69.7 cm³/mol. The summed E-state index contributed by atoms with van der Waals surface area (Å²) in [6.45, 7) is 0.292. The summed E-state index contributed by atoms with van der Waals surface area (Å²) in [7, 11) is 0. The smallest absolute Gasteiger partial charge is 0.408 e. The first kappa shape index (κ1) is 12.5. The topological polar surface area (TPSA) is 78.3 Å². The summed E-state index contributed by atoms with van der Waals surface area (Å²) in [6.07, 6.45) is 0.587. The van der Waals surface area contributed by atoms with Crippen molar-refractivity contribution in [1.29, 1.82) is 0 Å². The molecule has 1 aromatic carbocycles. The first-order chi connectivity index (χ1) is 8.88. The van der Waals surface area contributed by atoms with E-state index in [0.29, 0.717) is 24.1 Å². The number of non-ortho nitro benzene ring substituents is 1. The number of rotatable bonds is 3. The van der Waals surface area contributed by atoms with Crippen molar-refractivity contribution in [3.63, 3.8) is 0 Å². The van der Waals surface area contributed by atoms with Crippen LogP contribution in [0.5, 0.6) is 0 Å². The standard InChI is InChI=1S/C11H8Cl2N2O4/c12-11(13)4-6(11)5-14-8-3-7(15(17)18)1-2-9(8)19-10(14)16/h1-3,6H,4-5H2/t6-/m0/s1. The zero-order chi connectivity index (χ0) is 13.8. The molecule has 1 saturated carbocycles.